The van der Waals surface area contributed by atoms with Crippen molar-refractivity contribution in [3.05, 3.63) is 37.0 Å². The molecule has 0 unspecified atom stereocenters. The Hall–Kier alpha value is -2.82. The molecule has 1 aliphatic heterocycles. The second-order valence-electron chi connectivity index (χ2n) is 5.55. The molecule has 2 aromatic heterocycles. The van der Waals surface area contributed by atoms with Crippen molar-refractivity contribution in [2.24, 2.45) is 0 Å². The van der Waals surface area contributed by atoms with E-state index in [2.05, 4.69) is 15.0 Å². The molecule has 0 bridgehead atoms. The highest BCUT2D eigenvalue weighted by atomic mass is 16.6. The number of aliphatic hydroxyl groups is 2. The molecule has 0 aromatic carbocycles. The predicted molar refractivity (Wildman–Crippen MR) is 90.6 cm³/mol. The first-order valence-corrected chi connectivity index (χ1v) is 7.99. The molecule has 1 aliphatic rings. The van der Waals surface area contributed by atoms with E-state index in [0.717, 1.165) is 0 Å². The van der Waals surface area contributed by atoms with Gasteiger partial charge in [0.2, 0.25) is 0 Å². The fraction of sp³-hybridized carbons (Fsp3) is 0.375. The molecule has 26 heavy (non-hydrogen) atoms. The van der Waals surface area contributed by atoms with Crippen molar-refractivity contribution in [1.82, 2.24) is 19.5 Å². The Morgan fingerprint density at radius 2 is 2.15 bits per heavy atom. The molecule has 3 rings (SSSR count). The molecule has 2 aromatic rings. The molecular weight excluding hydrogens is 342 g/mol. The Morgan fingerprint density at radius 1 is 1.35 bits per heavy atom. The van der Waals surface area contributed by atoms with Crippen LogP contribution in [0.1, 0.15) is 13.2 Å². The topological polar surface area (TPSA) is 146 Å². The van der Waals surface area contributed by atoms with Crippen molar-refractivity contribution in [3.63, 3.8) is 0 Å². The standard InChI is InChI=1S/C16H19N5O5/c1-2-25-10(22)6-4-3-5-9-12(23)13(24)16(26-9)21-8-20-11-14(17)18-7-19-15(11)21/h3-9,12-13,16,23-24H,2H2,1H3,(H2,17,18,19)/b5-3+,6-4-/t9-,12-,13-,16-/m1/s1. The van der Waals surface area contributed by atoms with Crippen molar-refractivity contribution in [1.29, 1.82) is 0 Å². The molecule has 10 nitrogen and oxygen atoms in total. The lowest BCUT2D eigenvalue weighted by Gasteiger charge is -2.16. The molecular formula is C16H19N5O5. The lowest BCUT2D eigenvalue weighted by molar-refractivity contribution is -0.137. The van der Waals surface area contributed by atoms with Crippen molar-refractivity contribution in [2.45, 2.75) is 31.5 Å². The van der Waals surface area contributed by atoms with Gasteiger partial charge in [0, 0.05) is 6.08 Å². The first kappa shape index (κ1) is 18.0. The number of carbonyl (C=O) groups excluding carboxylic acids is 1. The number of nitrogen functional groups attached to an aromatic ring is 1. The number of nitrogens with zero attached hydrogens (tertiary/aromatic N) is 4. The Bertz CT molecular complexity index is 849. The van der Waals surface area contributed by atoms with E-state index in [9.17, 15) is 15.0 Å². The van der Waals surface area contributed by atoms with E-state index in [4.69, 9.17) is 15.2 Å². The smallest absolute Gasteiger partial charge is 0.330 e. The zero-order chi connectivity index (χ0) is 18.7. The van der Waals surface area contributed by atoms with E-state index >= 15 is 0 Å². The molecule has 1 saturated heterocycles. The average Bonchev–Trinajstić information content (AvgIpc) is 3.16. The Kier molecular flexibility index (Phi) is 5.26. The van der Waals surface area contributed by atoms with Gasteiger partial charge in [-0.1, -0.05) is 18.2 Å². The molecule has 138 valence electrons. The van der Waals surface area contributed by atoms with E-state index in [-0.39, 0.29) is 12.4 Å². The van der Waals surface area contributed by atoms with Crippen LogP contribution >= 0.6 is 0 Å². The number of ether oxygens (including phenoxy) is 2. The number of hydrogen-bond donors (Lipinski definition) is 3. The van der Waals surface area contributed by atoms with Crippen LogP contribution in [-0.4, -0.2) is 60.6 Å². The molecule has 1 fully saturated rings. The first-order chi connectivity index (χ1) is 12.5. The zero-order valence-corrected chi connectivity index (χ0v) is 14.0. The number of nitrogens with two attached hydrogens (primary N) is 1. The summed E-state index contributed by atoms with van der Waals surface area (Å²) < 4.78 is 12.0. The number of esters is 1. The van der Waals surface area contributed by atoms with Crippen LogP contribution in [0.5, 0.6) is 0 Å². The Balaban J connectivity index is 1.75. The van der Waals surface area contributed by atoms with Gasteiger partial charge in [-0.15, -0.1) is 0 Å². The summed E-state index contributed by atoms with van der Waals surface area (Å²) in [5, 5.41) is 20.5. The minimum atomic E-state index is -1.20. The fourth-order valence-electron chi connectivity index (χ4n) is 2.63. The van der Waals surface area contributed by atoms with E-state index < -0.39 is 30.5 Å². The van der Waals surface area contributed by atoms with Gasteiger partial charge in [-0.05, 0) is 6.92 Å². The summed E-state index contributed by atoms with van der Waals surface area (Å²) in [5.74, 6) is -0.257. The first-order valence-electron chi connectivity index (χ1n) is 7.99. The van der Waals surface area contributed by atoms with Crippen molar-refractivity contribution in [3.8, 4) is 0 Å². The summed E-state index contributed by atoms with van der Waals surface area (Å²) in [4.78, 5) is 23.3. The van der Waals surface area contributed by atoms with E-state index in [1.165, 1.54) is 41.5 Å². The van der Waals surface area contributed by atoms with Gasteiger partial charge in [0.15, 0.2) is 17.7 Å². The second-order valence-corrected chi connectivity index (χ2v) is 5.55. The largest absolute Gasteiger partial charge is 0.463 e. The van der Waals surface area contributed by atoms with Crippen LogP contribution in [0.15, 0.2) is 37.0 Å². The highest BCUT2D eigenvalue weighted by molar-refractivity contribution is 5.82. The second kappa shape index (κ2) is 7.60. The lowest BCUT2D eigenvalue weighted by Crippen LogP contribution is -2.30. The summed E-state index contributed by atoms with van der Waals surface area (Å²) >= 11 is 0. The fourth-order valence-corrected chi connectivity index (χ4v) is 2.63. The Morgan fingerprint density at radius 3 is 2.92 bits per heavy atom. The third kappa shape index (κ3) is 3.43. The number of carbonyl (C=O) groups is 1. The molecule has 0 aliphatic carbocycles. The predicted octanol–water partition coefficient (Wildman–Crippen LogP) is -0.297. The molecule has 0 saturated carbocycles. The summed E-state index contributed by atoms with van der Waals surface area (Å²) in [6, 6.07) is 0. The number of hydrogen-bond acceptors (Lipinski definition) is 9. The summed E-state index contributed by atoms with van der Waals surface area (Å²) in [5.41, 5.74) is 6.52. The van der Waals surface area contributed by atoms with Gasteiger partial charge in [0.05, 0.1) is 12.9 Å². The van der Waals surface area contributed by atoms with Gasteiger partial charge < -0.3 is 25.4 Å². The zero-order valence-electron chi connectivity index (χ0n) is 14.0. The molecule has 4 atom stereocenters. The highest BCUT2D eigenvalue weighted by Gasteiger charge is 2.43. The number of aromatic nitrogens is 4. The van der Waals surface area contributed by atoms with Crippen LogP contribution < -0.4 is 5.73 Å². The monoisotopic (exact) mass is 361 g/mol. The van der Waals surface area contributed by atoms with Gasteiger partial charge in [-0.3, -0.25) is 4.57 Å². The number of allylic oxidation sites excluding steroid dienone is 2. The maximum atomic E-state index is 11.2. The van der Waals surface area contributed by atoms with E-state index in [0.29, 0.717) is 11.2 Å². The van der Waals surface area contributed by atoms with Gasteiger partial charge in [0.1, 0.15) is 30.2 Å². The van der Waals surface area contributed by atoms with Gasteiger partial charge in [-0.2, -0.15) is 0 Å². The Labute approximate surface area is 148 Å². The van der Waals surface area contributed by atoms with Gasteiger partial charge in [-0.25, -0.2) is 19.7 Å². The number of aliphatic hydroxyl groups excluding tert-OH is 2. The van der Waals surface area contributed by atoms with Crippen LogP contribution in [0, 0.1) is 0 Å². The van der Waals surface area contributed by atoms with Crippen LogP contribution in [0.25, 0.3) is 11.2 Å². The molecule has 4 N–H and O–H groups in total. The van der Waals surface area contributed by atoms with Crippen LogP contribution in [0.4, 0.5) is 5.82 Å². The van der Waals surface area contributed by atoms with Crippen LogP contribution in [0.3, 0.4) is 0 Å². The van der Waals surface area contributed by atoms with Gasteiger partial charge >= 0.3 is 5.97 Å². The van der Waals surface area contributed by atoms with Crippen molar-refractivity contribution < 1.29 is 24.5 Å². The van der Waals surface area contributed by atoms with E-state index in [1.807, 2.05) is 0 Å². The minimum absolute atomic E-state index is 0.210. The van der Waals surface area contributed by atoms with Gasteiger partial charge in [0.25, 0.3) is 0 Å². The maximum absolute atomic E-state index is 11.2. The number of rotatable bonds is 5. The highest BCUT2D eigenvalue weighted by Crippen LogP contribution is 2.32. The third-order valence-corrected chi connectivity index (χ3v) is 3.87. The van der Waals surface area contributed by atoms with Crippen molar-refractivity contribution >= 4 is 23.0 Å². The summed E-state index contributed by atoms with van der Waals surface area (Å²) in [6.45, 7) is 2.00. The summed E-state index contributed by atoms with van der Waals surface area (Å²) in [6.07, 6.45) is 4.45. The quantitative estimate of drug-likeness (QED) is 0.371. The third-order valence-electron chi connectivity index (χ3n) is 3.87. The number of fused-ring (bicyclic) bond motifs is 1. The maximum Gasteiger partial charge on any atom is 0.330 e. The number of anilines is 1. The van der Waals surface area contributed by atoms with Crippen LogP contribution in [0.2, 0.25) is 0 Å². The van der Waals surface area contributed by atoms with E-state index in [1.54, 1.807) is 6.92 Å². The SMILES string of the molecule is CCOC(=O)/C=C\C=C\[C@H]1O[C@@H](n2cnc3c(N)ncnc32)[C@H](O)[C@@H]1O. The molecule has 10 heteroatoms. The normalized spacial score (nSPS) is 26.3. The van der Waals surface area contributed by atoms with Crippen LogP contribution in [-0.2, 0) is 14.3 Å². The molecule has 3 heterocycles. The molecule has 0 amide bonds. The number of imidazole rings is 1. The molecule has 0 spiro atoms. The average molecular weight is 361 g/mol. The minimum Gasteiger partial charge on any atom is -0.463 e. The molecule has 0 radical (unpaired) electrons. The van der Waals surface area contributed by atoms with Crippen molar-refractivity contribution in [2.75, 3.05) is 12.3 Å². The summed E-state index contributed by atoms with van der Waals surface area (Å²) in [7, 11) is 0. The lowest BCUT2D eigenvalue weighted by atomic mass is 10.1.